The predicted octanol–water partition coefficient (Wildman–Crippen LogP) is 3.42. The van der Waals surface area contributed by atoms with Crippen LogP contribution in [0.4, 0.5) is 0 Å². The van der Waals surface area contributed by atoms with Crippen molar-refractivity contribution in [3.8, 4) is 0 Å². The monoisotopic (exact) mass is 203 g/mol. The number of nitrogens with two attached hydrogens (primary N) is 1. The molecule has 0 atom stereocenters. The van der Waals surface area contributed by atoms with Gasteiger partial charge in [0, 0.05) is 0 Å². The Bertz CT molecular complexity index is 77.1. The second kappa shape index (κ2) is 10.5. The van der Waals surface area contributed by atoms with Gasteiger partial charge in [0.25, 0.3) is 0 Å². The molecule has 0 saturated carbocycles. The summed E-state index contributed by atoms with van der Waals surface area (Å²) in [6.07, 6.45) is 11.2. The summed E-state index contributed by atoms with van der Waals surface area (Å²) in [5.41, 5.74) is 5.54. The van der Waals surface area contributed by atoms with E-state index in [0.717, 1.165) is 6.54 Å². The molecule has 0 unspecified atom stereocenters. The van der Waals surface area contributed by atoms with E-state index in [1.54, 1.807) is 0 Å². The summed E-state index contributed by atoms with van der Waals surface area (Å²) in [7, 11) is 0.342. The highest BCUT2D eigenvalue weighted by Crippen LogP contribution is 2.38. The van der Waals surface area contributed by atoms with Gasteiger partial charge in [-0.05, 0) is 44.3 Å². The first-order valence-electron chi connectivity index (χ1n) is 5.77. The minimum atomic E-state index is 0.342. The minimum Gasteiger partial charge on any atom is -0.330 e. The van der Waals surface area contributed by atoms with E-state index >= 15 is 0 Å². The Labute approximate surface area is 85.2 Å². The van der Waals surface area contributed by atoms with E-state index in [1.807, 2.05) is 0 Å². The molecule has 80 valence electrons. The molecule has 2 N–H and O–H groups in total. The van der Waals surface area contributed by atoms with Gasteiger partial charge in [-0.3, -0.25) is 0 Å². The smallest absolute Gasteiger partial charge is 0.00739 e. The van der Waals surface area contributed by atoms with Gasteiger partial charge in [-0.2, -0.15) is 0 Å². The Kier molecular flexibility index (Phi) is 10.8. The zero-order valence-corrected chi connectivity index (χ0v) is 10.3. The normalized spacial score (nSPS) is 11.1. The van der Waals surface area contributed by atoms with Crippen LogP contribution in [0.1, 0.15) is 46.0 Å². The van der Waals surface area contributed by atoms with Crippen molar-refractivity contribution in [3.05, 3.63) is 0 Å². The van der Waals surface area contributed by atoms with Crippen LogP contribution in [0.5, 0.6) is 0 Å². The van der Waals surface area contributed by atoms with Gasteiger partial charge in [0.1, 0.15) is 0 Å². The maximum atomic E-state index is 5.54. The van der Waals surface area contributed by atoms with Crippen molar-refractivity contribution in [2.45, 2.75) is 46.0 Å². The molecule has 0 bridgehead atoms. The second-order valence-corrected chi connectivity index (χ2v) is 6.37. The van der Waals surface area contributed by atoms with Crippen LogP contribution >= 0.6 is 7.92 Å². The molecule has 0 aliphatic rings. The van der Waals surface area contributed by atoms with E-state index < -0.39 is 0 Å². The van der Waals surface area contributed by atoms with Crippen molar-refractivity contribution in [3.63, 3.8) is 0 Å². The summed E-state index contributed by atoms with van der Waals surface area (Å²) in [5.74, 6) is 0. The lowest BCUT2D eigenvalue weighted by Crippen LogP contribution is -2.03. The minimum absolute atomic E-state index is 0.342. The molecule has 13 heavy (non-hydrogen) atoms. The molecule has 0 aliphatic carbocycles. The maximum Gasteiger partial charge on any atom is -0.00739 e. The average molecular weight is 203 g/mol. The van der Waals surface area contributed by atoms with E-state index in [-0.39, 0.29) is 0 Å². The van der Waals surface area contributed by atoms with Gasteiger partial charge >= 0.3 is 0 Å². The molecule has 0 aliphatic heterocycles. The number of hydrogen-bond donors (Lipinski definition) is 1. The van der Waals surface area contributed by atoms with E-state index in [9.17, 15) is 0 Å². The number of unbranched alkanes of at least 4 members (excludes halogenated alkanes) is 2. The van der Waals surface area contributed by atoms with Crippen LogP contribution in [0.25, 0.3) is 0 Å². The SMILES string of the molecule is CCCCP(CCCC)CCCN. The molecule has 1 nitrogen and oxygen atoms in total. The molecule has 0 radical (unpaired) electrons. The Balaban J connectivity index is 3.47. The van der Waals surface area contributed by atoms with Gasteiger partial charge in [-0.1, -0.05) is 26.7 Å². The van der Waals surface area contributed by atoms with Crippen molar-refractivity contribution in [1.29, 1.82) is 0 Å². The topological polar surface area (TPSA) is 26.0 Å². The molecule has 0 rings (SSSR count). The van der Waals surface area contributed by atoms with Crippen LogP contribution in [-0.2, 0) is 0 Å². The third-order valence-electron chi connectivity index (χ3n) is 2.33. The van der Waals surface area contributed by atoms with E-state index in [2.05, 4.69) is 13.8 Å². The molecule has 0 aromatic carbocycles. The summed E-state index contributed by atoms with van der Waals surface area (Å²) in [6, 6.07) is 0. The van der Waals surface area contributed by atoms with Crippen LogP contribution in [0.15, 0.2) is 0 Å². The van der Waals surface area contributed by atoms with E-state index in [4.69, 9.17) is 5.73 Å². The molecule has 0 spiro atoms. The van der Waals surface area contributed by atoms with Crippen molar-refractivity contribution in [2.75, 3.05) is 25.0 Å². The first-order chi connectivity index (χ1) is 6.35. The third kappa shape index (κ3) is 8.71. The first-order valence-corrected chi connectivity index (χ1v) is 7.67. The summed E-state index contributed by atoms with van der Waals surface area (Å²) in [5, 5.41) is 0. The molecule has 0 amide bonds. The summed E-state index contributed by atoms with van der Waals surface area (Å²) in [4.78, 5) is 0. The second-order valence-electron chi connectivity index (χ2n) is 3.69. The Morgan fingerprint density at radius 3 is 1.69 bits per heavy atom. The van der Waals surface area contributed by atoms with Crippen LogP contribution in [0.2, 0.25) is 0 Å². The Hall–Kier alpha value is 0.390. The van der Waals surface area contributed by atoms with Gasteiger partial charge in [0.15, 0.2) is 0 Å². The summed E-state index contributed by atoms with van der Waals surface area (Å²) >= 11 is 0. The molecular weight excluding hydrogens is 177 g/mol. The quantitative estimate of drug-likeness (QED) is 0.571. The highest BCUT2D eigenvalue weighted by Gasteiger charge is 2.05. The van der Waals surface area contributed by atoms with E-state index in [1.165, 1.54) is 50.6 Å². The van der Waals surface area contributed by atoms with Crippen molar-refractivity contribution in [2.24, 2.45) is 5.73 Å². The lowest BCUT2D eigenvalue weighted by molar-refractivity contribution is 0.856. The predicted molar refractivity (Wildman–Crippen MR) is 65.0 cm³/mol. The lowest BCUT2D eigenvalue weighted by Gasteiger charge is -2.16. The third-order valence-corrected chi connectivity index (χ3v) is 5.18. The summed E-state index contributed by atoms with van der Waals surface area (Å²) < 4.78 is 0. The fraction of sp³-hybridized carbons (Fsp3) is 1.00. The van der Waals surface area contributed by atoms with Crippen molar-refractivity contribution < 1.29 is 0 Å². The van der Waals surface area contributed by atoms with Gasteiger partial charge in [0.2, 0.25) is 0 Å². The highest BCUT2D eigenvalue weighted by molar-refractivity contribution is 7.57. The van der Waals surface area contributed by atoms with Crippen LogP contribution in [-0.4, -0.2) is 25.0 Å². The fourth-order valence-corrected chi connectivity index (χ4v) is 4.24. The molecule has 0 fully saturated rings. The molecule has 2 heteroatoms. The van der Waals surface area contributed by atoms with Crippen LogP contribution < -0.4 is 5.73 Å². The average Bonchev–Trinajstić information content (AvgIpc) is 2.17. The molecule has 0 heterocycles. The van der Waals surface area contributed by atoms with Gasteiger partial charge in [-0.25, -0.2) is 0 Å². The van der Waals surface area contributed by atoms with Gasteiger partial charge in [-0.15, -0.1) is 7.92 Å². The molecule has 0 aromatic rings. The zero-order chi connectivity index (χ0) is 9.94. The number of hydrogen-bond acceptors (Lipinski definition) is 1. The Morgan fingerprint density at radius 1 is 0.846 bits per heavy atom. The standard InChI is InChI=1S/C11H26NP/c1-3-5-9-13(10-6-4-2)11-7-8-12/h3-12H2,1-2H3. The van der Waals surface area contributed by atoms with E-state index in [0.29, 0.717) is 7.92 Å². The Morgan fingerprint density at radius 2 is 1.31 bits per heavy atom. The zero-order valence-electron chi connectivity index (χ0n) is 9.39. The first kappa shape index (κ1) is 13.4. The van der Waals surface area contributed by atoms with Crippen LogP contribution in [0.3, 0.4) is 0 Å². The fourth-order valence-electron chi connectivity index (χ4n) is 1.41. The van der Waals surface area contributed by atoms with Crippen LogP contribution in [0, 0.1) is 0 Å². The summed E-state index contributed by atoms with van der Waals surface area (Å²) in [6.45, 7) is 5.46. The van der Waals surface area contributed by atoms with Crippen molar-refractivity contribution in [1.82, 2.24) is 0 Å². The highest BCUT2D eigenvalue weighted by atomic mass is 31.1. The largest absolute Gasteiger partial charge is 0.330 e. The molecule has 0 aromatic heterocycles. The van der Waals surface area contributed by atoms with Gasteiger partial charge < -0.3 is 5.73 Å². The number of rotatable bonds is 9. The van der Waals surface area contributed by atoms with Gasteiger partial charge in [0.05, 0.1) is 0 Å². The molecular formula is C11H26NP. The maximum absolute atomic E-state index is 5.54. The van der Waals surface area contributed by atoms with Crippen molar-refractivity contribution >= 4 is 7.92 Å². The molecule has 0 saturated heterocycles. The lowest BCUT2D eigenvalue weighted by atomic mass is 10.4.